The van der Waals surface area contributed by atoms with E-state index in [2.05, 4.69) is 5.32 Å². The highest BCUT2D eigenvalue weighted by Gasteiger charge is 2.19. The van der Waals surface area contributed by atoms with E-state index in [1.165, 1.54) is 6.07 Å². The fourth-order valence-corrected chi connectivity index (χ4v) is 2.22. The third-order valence-electron chi connectivity index (χ3n) is 3.53. The Bertz CT molecular complexity index is 642. The normalized spacial score (nSPS) is 13.5. The van der Waals surface area contributed by atoms with Crippen LogP contribution >= 0.6 is 0 Å². The fourth-order valence-electron chi connectivity index (χ4n) is 2.22. The molecule has 0 fully saturated rings. The Kier molecular flexibility index (Phi) is 4.58. The van der Waals surface area contributed by atoms with E-state index in [-0.39, 0.29) is 23.7 Å². The molecule has 0 aliphatic heterocycles. The highest BCUT2D eigenvalue weighted by molar-refractivity contribution is 5.83. The second kappa shape index (κ2) is 6.39. The molecule has 110 valence electrons. The van der Waals surface area contributed by atoms with Crippen molar-refractivity contribution < 1.29 is 9.18 Å². The molecule has 2 unspecified atom stereocenters. The van der Waals surface area contributed by atoms with Crippen LogP contribution in [0.25, 0.3) is 0 Å². The molecule has 21 heavy (non-hydrogen) atoms. The Hall–Kier alpha value is -2.36. The molecule has 0 aliphatic rings. The van der Waals surface area contributed by atoms with Crippen LogP contribution in [-0.4, -0.2) is 5.91 Å². The lowest BCUT2D eigenvalue weighted by Crippen LogP contribution is -2.31. The Morgan fingerprint density at radius 2 is 1.86 bits per heavy atom. The smallest absolute Gasteiger partial charge is 0.227 e. The van der Waals surface area contributed by atoms with Gasteiger partial charge >= 0.3 is 0 Å². The summed E-state index contributed by atoms with van der Waals surface area (Å²) in [6.07, 6.45) is 0. The molecular weight excluding hydrogens is 267 g/mol. The van der Waals surface area contributed by atoms with Crippen molar-refractivity contribution >= 4 is 11.6 Å². The number of halogens is 1. The van der Waals surface area contributed by atoms with Crippen molar-refractivity contribution in [1.29, 1.82) is 0 Å². The summed E-state index contributed by atoms with van der Waals surface area (Å²) in [7, 11) is 0. The maximum absolute atomic E-state index is 13.7. The van der Waals surface area contributed by atoms with E-state index in [1.807, 2.05) is 12.1 Å². The van der Waals surface area contributed by atoms with Gasteiger partial charge in [-0.05, 0) is 37.6 Å². The summed E-state index contributed by atoms with van der Waals surface area (Å²) in [5, 5.41) is 2.83. The van der Waals surface area contributed by atoms with E-state index in [0.717, 1.165) is 5.56 Å². The van der Waals surface area contributed by atoms with E-state index >= 15 is 0 Å². The van der Waals surface area contributed by atoms with Crippen molar-refractivity contribution in [3.63, 3.8) is 0 Å². The van der Waals surface area contributed by atoms with Gasteiger partial charge in [0.2, 0.25) is 5.91 Å². The average Bonchev–Trinajstić information content (AvgIpc) is 2.46. The topological polar surface area (TPSA) is 55.1 Å². The third-order valence-corrected chi connectivity index (χ3v) is 3.53. The van der Waals surface area contributed by atoms with Crippen molar-refractivity contribution in [2.45, 2.75) is 25.8 Å². The first kappa shape index (κ1) is 15.0. The summed E-state index contributed by atoms with van der Waals surface area (Å²) in [5.41, 5.74) is 7.67. The Morgan fingerprint density at radius 3 is 2.52 bits per heavy atom. The molecule has 0 saturated heterocycles. The van der Waals surface area contributed by atoms with E-state index in [4.69, 9.17) is 5.73 Å². The number of benzene rings is 2. The highest BCUT2D eigenvalue weighted by atomic mass is 19.1. The molecule has 1 amide bonds. The third kappa shape index (κ3) is 3.60. The van der Waals surface area contributed by atoms with Crippen molar-refractivity contribution in [2.75, 3.05) is 5.73 Å². The first-order chi connectivity index (χ1) is 9.99. The largest absolute Gasteiger partial charge is 0.399 e. The first-order valence-corrected chi connectivity index (χ1v) is 6.89. The van der Waals surface area contributed by atoms with Gasteiger partial charge in [-0.15, -0.1) is 0 Å². The molecule has 0 heterocycles. The average molecular weight is 286 g/mol. The van der Waals surface area contributed by atoms with Crippen LogP contribution in [0.5, 0.6) is 0 Å². The zero-order valence-corrected chi connectivity index (χ0v) is 12.1. The number of nitrogens with one attached hydrogen (secondary N) is 1. The van der Waals surface area contributed by atoms with E-state index in [1.54, 1.807) is 44.2 Å². The van der Waals surface area contributed by atoms with Gasteiger partial charge in [-0.1, -0.05) is 30.3 Å². The maximum atomic E-state index is 13.7. The summed E-state index contributed by atoms with van der Waals surface area (Å²) in [6.45, 7) is 3.57. The molecule has 4 heteroatoms. The molecular formula is C17H19FN2O. The zero-order chi connectivity index (χ0) is 15.4. The first-order valence-electron chi connectivity index (χ1n) is 6.89. The van der Waals surface area contributed by atoms with Crippen LogP contribution in [-0.2, 0) is 4.79 Å². The summed E-state index contributed by atoms with van der Waals surface area (Å²) in [4.78, 5) is 12.3. The summed E-state index contributed by atoms with van der Waals surface area (Å²) >= 11 is 0. The molecule has 0 saturated carbocycles. The predicted octanol–water partition coefficient (Wildman–Crippen LogP) is 3.39. The molecule has 2 rings (SSSR count). The van der Waals surface area contributed by atoms with Gasteiger partial charge < -0.3 is 11.1 Å². The second-order valence-electron chi connectivity index (χ2n) is 5.14. The van der Waals surface area contributed by atoms with Crippen LogP contribution < -0.4 is 11.1 Å². The Morgan fingerprint density at radius 1 is 1.14 bits per heavy atom. The van der Waals surface area contributed by atoms with Crippen molar-refractivity contribution in [1.82, 2.24) is 5.32 Å². The van der Waals surface area contributed by atoms with Gasteiger partial charge in [0.15, 0.2) is 0 Å². The summed E-state index contributed by atoms with van der Waals surface area (Å²) in [5.74, 6) is -0.819. The maximum Gasteiger partial charge on any atom is 0.227 e. The minimum absolute atomic E-state index is 0.156. The monoisotopic (exact) mass is 286 g/mol. The molecule has 2 atom stereocenters. The number of hydrogen-bond acceptors (Lipinski definition) is 2. The zero-order valence-electron chi connectivity index (χ0n) is 12.1. The van der Waals surface area contributed by atoms with Gasteiger partial charge in [-0.2, -0.15) is 0 Å². The number of carbonyl (C=O) groups is 1. The molecule has 3 N–H and O–H groups in total. The van der Waals surface area contributed by atoms with Crippen LogP contribution in [0, 0.1) is 5.82 Å². The molecule has 2 aromatic rings. The number of carbonyl (C=O) groups excluding carboxylic acids is 1. The SMILES string of the molecule is CC(NC(=O)C(C)c1cccc(N)c1)c1ccccc1F. The van der Waals surface area contributed by atoms with Crippen molar-refractivity contribution in [2.24, 2.45) is 0 Å². The van der Waals surface area contributed by atoms with Gasteiger partial charge in [0.25, 0.3) is 0 Å². The van der Waals surface area contributed by atoms with Crippen LogP contribution in [0.15, 0.2) is 48.5 Å². The van der Waals surface area contributed by atoms with Crippen LogP contribution in [0.3, 0.4) is 0 Å². The number of hydrogen-bond donors (Lipinski definition) is 2. The van der Waals surface area contributed by atoms with Crippen LogP contribution in [0.1, 0.15) is 36.9 Å². The van der Waals surface area contributed by atoms with E-state index in [9.17, 15) is 9.18 Å². The lowest BCUT2D eigenvalue weighted by Gasteiger charge is -2.19. The van der Waals surface area contributed by atoms with Gasteiger partial charge in [0.05, 0.1) is 12.0 Å². The second-order valence-corrected chi connectivity index (χ2v) is 5.14. The number of amides is 1. The van der Waals surface area contributed by atoms with E-state index in [0.29, 0.717) is 11.3 Å². The number of rotatable bonds is 4. The molecule has 0 radical (unpaired) electrons. The number of nitrogens with two attached hydrogens (primary N) is 1. The molecule has 0 aliphatic carbocycles. The standard InChI is InChI=1S/C17H19FN2O/c1-11(13-6-5-7-14(19)10-13)17(21)20-12(2)15-8-3-4-9-16(15)18/h3-12H,19H2,1-2H3,(H,20,21). The quantitative estimate of drug-likeness (QED) is 0.846. The number of nitrogen functional groups attached to an aromatic ring is 1. The predicted molar refractivity (Wildman–Crippen MR) is 82.2 cm³/mol. The molecule has 3 nitrogen and oxygen atoms in total. The fraction of sp³-hybridized carbons (Fsp3) is 0.235. The molecule has 0 aromatic heterocycles. The van der Waals surface area contributed by atoms with Crippen LogP contribution in [0.2, 0.25) is 0 Å². The van der Waals surface area contributed by atoms with E-state index < -0.39 is 0 Å². The van der Waals surface area contributed by atoms with Gasteiger partial charge in [0, 0.05) is 11.3 Å². The lowest BCUT2D eigenvalue weighted by molar-refractivity contribution is -0.122. The van der Waals surface area contributed by atoms with Gasteiger partial charge in [-0.25, -0.2) is 4.39 Å². The van der Waals surface area contributed by atoms with Crippen LogP contribution in [0.4, 0.5) is 10.1 Å². The Balaban J connectivity index is 2.09. The molecule has 0 spiro atoms. The molecule has 2 aromatic carbocycles. The molecule has 0 bridgehead atoms. The van der Waals surface area contributed by atoms with Crippen molar-refractivity contribution in [3.8, 4) is 0 Å². The lowest BCUT2D eigenvalue weighted by atomic mass is 9.99. The minimum atomic E-state index is -0.387. The Labute approximate surface area is 124 Å². The van der Waals surface area contributed by atoms with Gasteiger partial charge in [-0.3, -0.25) is 4.79 Å². The summed E-state index contributed by atoms with van der Waals surface area (Å²) in [6, 6.07) is 13.3. The van der Waals surface area contributed by atoms with Crippen molar-refractivity contribution in [3.05, 3.63) is 65.5 Å². The highest BCUT2D eigenvalue weighted by Crippen LogP contribution is 2.21. The van der Waals surface area contributed by atoms with Gasteiger partial charge in [0.1, 0.15) is 5.82 Å². The minimum Gasteiger partial charge on any atom is -0.399 e. The number of anilines is 1. The summed E-state index contributed by atoms with van der Waals surface area (Å²) < 4.78 is 13.7.